The highest BCUT2D eigenvalue weighted by molar-refractivity contribution is 6.27. The van der Waals surface area contributed by atoms with Gasteiger partial charge >= 0.3 is 12.3 Å². The molecule has 0 atom stereocenters. The lowest BCUT2D eigenvalue weighted by atomic mass is 9.84. The van der Waals surface area contributed by atoms with E-state index in [1.807, 2.05) is 36.4 Å². The van der Waals surface area contributed by atoms with Crippen molar-refractivity contribution >= 4 is 55.4 Å². The molecule has 0 saturated carbocycles. The van der Waals surface area contributed by atoms with Crippen LogP contribution >= 0.6 is 0 Å². The molecule has 0 N–H and O–H groups in total. The standard InChI is InChI=1S/C56H70O6/c1-5-9-11-13-15-17-19-25-37-59-55(57)61-53-45-31-23-21-29-43(45)51(49-39-41(27-7-3)33-35-47(49)53)52-44-30-22-24-32-46(44)54(48-36-34-42(28-8-4)40-50(48)52)62-56(58)60-38-26-20-18-16-14-12-10-6-2/h21-24,29-36,39-40H,5-20,25-28,37-38H2,1-4H3. The van der Waals surface area contributed by atoms with Gasteiger partial charge in [-0.1, -0.05) is 215 Å². The fraction of sp³-hybridized carbons (Fsp3) is 0.464. The molecule has 0 aliphatic heterocycles. The van der Waals surface area contributed by atoms with E-state index < -0.39 is 12.3 Å². The zero-order valence-corrected chi connectivity index (χ0v) is 38.1. The first-order valence-electron chi connectivity index (χ1n) is 24.1. The van der Waals surface area contributed by atoms with Gasteiger partial charge in [0.15, 0.2) is 0 Å². The zero-order valence-electron chi connectivity index (χ0n) is 38.1. The first kappa shape index (κ1) is 46.4. The van der Waals surface area contributed by atoms with Gasteiger partial charge in [-0.05, 0) is 69.5 Å². The fourth-order valence-electron chi connectivity index (χ4n) is 9.03. The molecule has 0 radical (unpaired) electrons. The Hall–Kier alpha value is -5.10. The summed E-state index contributed by atoms with van der Waals surface area (Å²) in [6.07, 6.45) is 21.1. The number of carbonyl (C=O) groups excluding carboxylic acids is 2. The molecular weight excluding hydrogens is 769 g/mol. The predicted molar refractivity (Wildman–Crippen MR) is 259 cm³/mol. The van der Waals surface area contributed by atoms with Crippen LogP contribution in [-0.4, -0.2) is 25.5 Å². The van der Waals surface area contributed by atoms with Crippen molar-refractivity contribution in [1.82, 2.24) is 0 Å². The summed E-state index contributed by atoms with van der Waals surface area (Å²) in [5.41, 5.74) is 4.51. The van der Waals surface area contributed by atoms with Crippen LogP contribution in [0.15, 0.2) is 84.9 Å². The van der Waals surface area contributed by atoms with Crippen molar-refractivity contribution in [2.45, 2.75) is 156 Å². The van der Waals surface area contributed by atoms with E-state index in [1.165, 1.54) is 75.3 Å². The van der Waals surface area contributed by atoms with Gasteiger partial charge in [-0.3, -0.25) is 0 Å². The van der Waals surface area contributed by atoms with Crippen LogP contribution in [0.4, 0.5) is 9.59 Å². The summed E-state index contributed by atoms with van der Waals surface area (Å²) in [6.45, 7) is 9.53. The van der Waals surface area contributed by atoms with Crippen LogP contribution in [-0.2, 0) is 22.3 Å². The van der Waals surface area contributed by atoms with Crippen LogP contribution in [0, 0.1) is 0 Å². The largest absolute Gasteiger partial charge is 0.513 e. The van der Waals surface area contributed by atoms with Crippen molar-refractivity contribution < 1.29 is 28.5 Å². The van der Waals surface area contributed by atoms with Crippen molar-refractivity contribution in [3.05, 3.63) is 96.1 Å². The van der Waals surface area contributed by atoms with Crippen LogP contribution in [0.1, 0.15) is 154 Å². The molecule has 0 fully saturated rings. The zero-order chi connectivity index (χ0) is 43.5. The SMILES string of the molecule is CCCCCCCCCCOC(=O)Oc1c2ccccc2c(-c2c3ccccc3c(OC(=O)OCCCCCCCCCC)c3ccc(CCC)cc23)c2cc(CCC)ccc12. The number of ether oxygens (including phenoxy) is 4. The van der Waals surface area contributed by atoms with E-state index in [9.17, 15) is 9.59 Å². The highest BCUT2D eigenvalue weighted by Crippen LogP contribution is 2.50. The van der Waals surface area contributed by atoms with E-state index in [2.05, 4.69) is 76.2 Å². The van der Waals surface area contributed by atoms with Gasteiger partial charge < -0.3 is 18.9 Å². The molecule has 0 aliphatic rings. The van der Waals surface area contributed by atoms with E-state index in [0.29, 0.717) is 24.7 Å². The maximum absolute atomic E-state index is 13.5. The summed E-state index contributed by atoms with van der Waals surface area (Å²) in [7, 11) is 0. The lowest BCUT2D eigenvalue weighted by Crippen LogP contribution is -2.12. The van der Waals surface area contributed by atoms with Crippen LogP contribution in [0.5, 0.6) is 11.5 Å². The lowest BCUT2D eigenvalue weighted by molar-refractivity contribution is 0.0972. The third kappa shape index (κ3) is 12.1. The summed E-state index contributed by atoms with van der Waals surface area (Å²) >= 11 is 0. The predicted octanol–water partition coefficient (Wildman–Crippen LogP) is 17.2. The average molecular weight is 839 g/mol. The molecule has 0 aromatic heterocycles. The minimum Gasteiger partial charge on any atom is -0.434 e. The minimum absolute atomic E-state index is 0.335. The third-order valence-corrected chi connectivity index (χ3v) is 12.2. The number of carbonyl (C=O) groups is 2. The van der Waals surface area contributed by atoms with Gasteiger partial charge in [0.1, 0.15) is 11.5 Å². The molecular formula is C56H70O6. The van der Waals surface area contributed by atoms with Crippen molar-refractivity contribution in [3.8, 4) is 22.6 Å². The Morgan fingerprint density at radius 3 is 1.08 bits per heavy atom. The number of fused-ring (bicyclic) bond motifs is 4. The number of aryl methyl sites for hydroxylation is 2. The van der Waals surface area contributed by atoms with E-state index in [1.54, 1.807) is 0 Å². The summed E-state index contributed by atoms with van der Waals surface area (Å²) in [4.78, 5) is 26.9. The summed E-state index contributed by atoms with van der Waals surface area (Å²) in [6, 6.07) is 29.4. The van der Waals surface area contributed by atoms with Gasteiger partial charge in [-0.15, -0.1) is 0 Å². The molecule has 6 nitrogen and oxygen atoms in total. The minimum atomic E-state index is -0.680. The molecule has 0 saturated heterocycles. The molecule has 0 heterocycles. The average Bonchev–Trinajstić information content (AvgIpc) is 3.28. The van der Waals surface area contributed by atoms with E-state index in [0.717, 1.165) is 118 Å². The van der Waals surface area contributed by atoms with Gasteiger partial charge in [-0.25, -0.2) is 9.59 Å². The number of rotatable bonds is 25. The van der Waals surface area contributed by atoms with Gasteiger partial charge in [0.25, 0.3) is 0 Å². The van der Waals surface area contributed by atoms with Gasteiger partial charge in [0.05, 0.1) is 13.2 Å². The monoisotopic (exact) mass is 839 g/mol. The third-order valence-electron chi connectivity index (χ3n) is 12.2. The van der Waals surface area contributed by atoms with Gasteiger partial charge in [0.2, 0.25) is 0 Å². The van der Waals surface area contributed by atoms with Crippen molar-refractivity contribution in [2.24, 2.45) is 0 Å². The van der Waals surface area contributed by atoms with Crippen molar-refractivity contribution in [1.29, 1.82) is 0 Å². The Morgan fingerprint density at radius 2 is 0.710 bits per heavy atom. The van der Waals surface area contributed by atoms with E-state index in [4.69, 9.17) is 18.9 Å². The summed E-state index contributed by atoms with van der Waals surface area (Å²) in [5.74, 6) is 1.01. The van der Waals surface area contributed by atoms with Crippen LogP contribution in [0.25, 0.3) is 54.2 Å². The second kappa shape index (κ2) is 24.5. The highest BCUT2D eigenvalue weighted by atomic mass is 16.7. The summed E-state index contributed by atoms with van der Waals surface area (Å²) in [5, 5.41) is 7.25. The summed E-state index contributed by atoms with van der Waals surface area (Å²) < 4.78 is 23.9. The van der Waals surface area contributed by atoms with Crippen molar-refractivity contribution in [2.75, 3.05) is 13.2 Å². The van der Waals surface area contributed by atoms with Crippen LogP contribution < -0.4 is 9.47 Å². The normalized spacial score (nSPS) is 11.5. The van der Waals surface area contributed by atoms with E-state index >= 15 is 0 Å². The molecule has 62 heavy (non-hydrogen) atoms. The Balaban J connectivity index is 1.39. The van der Waals surface area contributed by atoms with Crippen LogP contribution in [0.2, 0.25) is 0 Å². The maximum Gasteiger partial charge on any atom is 0.513 e. The number of hydrogen-bond donors (Lipinski definition) is 0. The Morgan fingerprint density at radius 1 is 0.371 bits per heavy atom. The lowest BCUT2D eigenvalue weighted by Gasteiger charge is -2.22. The van der Waals surface area contributed by atoms with Crippen LogP contribution in [0.3, 0.4) is 0 Å². The molecule has 0 amide bonds. The second-order valence-corrected chi connectivity index (χ2v) is 17.1. The molecule has 330 valence electrons. The number of benzene rings is 6. The molecule has 0 spiro atoms. The second-order valence-electron chi connectivity index (χ2n) is 17.1. The number of hydrogen-bond acceptors (Lipinski definition) is 6. The first-order chi connectivity index (χ1) is 30.5. The smallest absolute Gasteiger partial charge is 0.434 e. The Labute approximate surface area is 370 Å². The molecule has 0 unspecified atom stereocenters. The fourth-order valence-corrected chi connectivity index (χ4v) is 9.03. The Bertz CT molecular complexity index is 2210. The molecule has 0 aliphatic carbocycles. The molecule has 6 aromatic carbocycles. The molecule has 0 bridgehead atoms. The molecule has 6 rings (SSSR count). The quantitative estimate of drug-likeness (QED) is 0.0247. The molecule has 6 aromatic rings. The number of unbranched alkanes of at least 4 members (excludes halogenated alkanes) is 14. The topological polar surface area (TPSA) is 71.1 Å². The van der Waals surface area contributed by atoms with Gasteiger partial charge in [-0.2, -0.15) is 0 Å². The highest BCUT2D eigenvalue weighted by Gasteiger charge is 2.25. The van der Waals surface area contributed by atoms with Crippen molar-refractivity contribution in [3.63, 3.8) is 0 Å². The van der Waals surface area contributed by atoms with E-state index in [-0.39, 0.29) is 0 Å². The molecule has 6 heteroatoms. The Kier molecular flexibility index (Phi) is 18.3. The maximum atomic E-state index is 13.5. The van der Waals surface area contributed by atoms with Gasteiger partial charge in [0, 0.05) is 21.5 Å². The first-order valence-corrected chi connectivity index (χ1v) is 24.1.